The first-order chi connectivity index (χ1) is 17.4. The standard InChI is InChI=1S/C26H34N6O4/c1-2-34-24(33)23(18-6-8-19(9-7-18)35-20-11-14-32(16-20)26(29)30)36-22-5-3-4-17-10-13-31(25(27)28)15-12-21(17)22/h3-9,20,23H,2,10-16H2,1H3,(H3,27,28)(H3,29,30). The molecule has 0 aliphatic carbocycles. The van der Waals surface area contributed by atoms with Crippen LogP contribution in [0.25, 0.3) is 0 Å². The smallest absolute Gasteiger partial charge is 0.352 e. The first kappa shape index (κ1) is 25.2. The maximum Gasteiger partial charge on any atom is 0.352 e. The van der Waals surface area contributed by atoms with Crippen LogP contribution in [0, 0.1) is 10.8 Å². The highest BCUT2D eigenvalue weighted by Gasteiger charge is 2.28. The SMILES string of the molecule is CCOC(=O)C(Oc1cccc2c1CCN(C(=N)N)CC2)c1ccc(OC2CCN(C(=N)N)C2)cc1. The molecule has 1 saturated heterocycles. The van der Waals surface area contributed by atoms with Gasteiger partial charge in [0.25, 0.3) is 0 Å². The van der Waals surface area contributed by atoms with Crippen LogP contribution in [0.2, 0.25) is 0 Å². The Hall–Kier alpha value is -3.95. The van der Waals surface area contributed by atoms with Gasteiger partial charge in [-0.2, -0.15) is 0 Å². The number of likely N-dealkylation sites (tertiary alicyclic amines) is 1. The van der Waals surface area contributed by atoms with Gasteiger partial charge in [0, 0.05) is 31.6 Å². The minimum atomic E-state index is -0.933. The molecule has 10 nitrogen and oxygen atoms in total. The number of nitrogens with zero attached hydrogens (tertiary/aromatic N) is 2. The molecule has 192 valence electrons. The largest absolute Gasteiger partial charge is 0.489 e. The first-order valence-electron chi connectivity index (χ1n) is 12.2. The number of guanidine groups is 2. The predicted octanol–water partition coefficient (Wildman–Crippen LogP) is 2.01. The van der Waals surface area contributed by atoms with Crippen molar-refractivity contribution in [1.29, 1.82) is 10.8 Å². The van der Waals surface area contributed by atoms with E-state index in [1.807, 2.05) is 47.4 Å². The Labute approximate surface area is 211 Å². The van der Waals surface area contributed by atoms with Gasteiger partial charge < -0.3 is 35.5 Å². The van der Waals surface area contributed by atoms with E-state index in [1.165, 1.54) is 0 Å². The topological polar surface area (TPSA) is 151 Å². The van der Waals surface area contributed by atoms with E-state index >= 15 is 0 Å². The summed E-state index contributed by atoms with van der Waals surface area (Å²) in [6.45, 7) is 4.56. The van der Waals surface area contributed by atoms with E-state index in [2.05, 4.69) is 0 Å². The molecule has 2 unspecified atom stereocenters. The number of benzene rings is 2. The molecule has 0 amide bonds. The van der Waals surface area contributed by atoms with Gasteiger partial charge in [-0.25, -0.2) is 4.79 Å². The van der Waals surface area contributed by atoms with Crippen molar-refractivity contribution >= 4 is 17.9 Å². The number of nitrogens with one attached hydrogen (secondary N) is 2. The molecule has 0 bridgehead atoms. The Morgan fingerprint density at radius 2 is 1.75 bits per heavy atom. The number of esters is 1. The van der Waals surface area contributed by atoms with E-state index in [-0.39, 0.29) is 24.6 Å². The van der Waals surface area contributed by atoms with Crippen molar-refractivity contribution in [2.24, 2.45) is 11.5 Å². The molecule has 1 fully saturated rings. The summed E-state index contributed by atoms with van der Waals surface area (Å²) in [5.74, 6) is 0.958. The third-order valence-corrected chi connectivity index (χ3v) is 6.57. The number of hydrogen-bond acceptors (Lipinski definition) is 6. The molecule has 0 radical (unpaired) electrons. The lowest BCUT2D eigenvalue weighted by atomic mass is 10.0. The van der Waals surface area contributed by atoms with Gasteiger partial charge in [0.05, 0.1) is 13.2 Å². The molecule has 4 rings (SSSR count). The summed E-state index contributed by atoms with van der Waals surface area (Å²) >= 11 is 0. The lowest BCUT2D eigenvalue weighted by Gasteiger charge is -2.22. The third kappa shape index (κ3) is 5.81. The summed E-state index contributed by atoms with van der Waals surface area (Å²) in [5, 5.41) is 15.3. The van der Waals surface area contributed by atoms with E-state index in [0.29, 0.717) is 49.7 Å². The quantitative estimate of drug-likeness (QED) is 0.259. The molecular weight excluding hydrogens is 460 g/mol. The normalized spacial score (nSPS) is 18.1. The summed E-state index contributed by atoms with van der Waals surface area (Å²) in [6, 6.07) is 13.1. The zero-order chi connectivity index (χ0) is 25.7. The summed E-state index contributed by atoms with van der Waals surface area (Å²) in [6.07, 6.45) is 1.20. The molecule has 2 atom stereocenters. The molecule has 0 aromatic heterocycles. The highest BCUT2D eigenvalue weighted by molar-refractivity contribution is 5.77. The zero-order valence-corrected chi connectivity index (χ0v) is 20.5. The minimum absolute atomic E-state index is 0.0498. The molecule has 2 aromatic rings. The highest BCUT2D eigenvalue weighted by atomic mass is 16.6. The monoisotopic (exact) mass is 494 g/mol. The molecule has 2 aliphatic heterocycles. The second-order valence-electron chi connectivity index (χ2n) is 8.94. The fourth-order valence-corrected chi connectivity index (χ4v) is 4.65. The number of nitrogens with two attached hydrogens (primary N) is 2. The van der Waals surface area contributed by atoms with Crippen molar-refractivity contribution in [3.8, 4) is 11.5 Å². The molecule has 6 N–H and O–H groups in total. The van der Waals surface area contributed by atoms with Crippen LogP contribution in [0.4, 0.5) is 0 Å². The van der Waals surface area contributed by atoms with Crippen LogP contribution in [-0.4, -0.2) is 66.6 Å². The molecule has 2 aliphatic rings. The van der Waals surface area contributed by atoms with E-state index in [4.69, 9.17) is 36.5 Å². The van der Waals surface area contributed by atoms with Crippen LogP contribution in [0.5, 0.6) is 11.5 Å². The van der Waals surface area contributed by atoms with Gasteiger partial charge >= 0.3 is 5.97 Å². The fourth-order valence-electron chi connectivity index (χ4n) is 4.65. The number of carbonyl (C=O) groups excluding carboxylic acids is 1. The van der Waals surface area contributed by atoms with Crippen molar-refractivity contribution < 1.29 is 19.0 Å². The van der Waals surface area contributed by atoms with E-state index < -0.39 is 12.1 Å². The second-order valence-corrected chi connectivity index (χ2v) is 8.94. The Morgan fingerprint density at radius 3 is 2.42 bits per heavy atom. The van der Waals surface area contributed by atoms with Crippen molar-refractivity contribution in [2.75, 3.05) is 32.8 Å². The van der Waals surface area contributed by atoms with Crippen LogP contribution in [0.3, 0.4) is 0 Å². The van der Waals surface area contributed by atoms with Gasteiger partial charge in [0.1, 0.15) is 17.6 Å². The first-order valence-corrected chi connectivity index (χ1v) is 12.2. The Kier molecular flexibility index (Phi) is 7.82. The van der Waals surface area contributed by atoms with Crippen molar-refractivity contribution in [3.63, 3.8) is 0 Å². The van der Waals surface area contributed by atoms with Gasteiger partial charge in [-0.1, -0.05) is 24.3 Å². The second kappa shape index (κ2) is 11.2. The zero-order valence-electron chi connectivity index (χ0n) is 20.5. The van der Waals surface area contributed by atoms with Crippen LogP contribution in [-0.2, 0) is 22.4 Å². The Balaban J connectivity index is 1.51. The summed E-state index contributed by atoms with van der Waals surface area (Å²) in [4.78, 5) is 16.5. The Bertz CT molecular complexity index is 1110. The molecule has 36 heavy (non-hydrogen) atoms. The molecule has 0 saturated carbocycles. The van der Waals surface area contributed by atoms with Crippen LogP contribution < -0.4 is 20.9 Å². The van der Waals surface area contributed by atoms with E-state index in [1.54, 1.807) is 11.8 Å². The lowest BCUT2D eigenvalue weighted by Crippen LogP contribution is -2.38. The molecular formula is C26H34N6O4. The predicted molar refractivity (Wildman–Crippen MR) is 136 cm³/mol. The maximum atomic E-state index is 12.9. The number of fused-ring (bicyclic) bond motifs is 1. The summed E-state index contributed by atoms with van der Waals surface area (Å²) in [7, 11) is 0. The van der Waals surface area contributed by atoms with Crippen molar-refractivity contribution in [3.05, 3.63) is 59.2 Å². The van der Waals surface area contributed by atoms with Gasteiger partial charge in [-0.15, -0.1) is 0 Å². The van der Waals surface area contributed by atoms with E-state index in [9.17, 15) is 4.79 Å². The third-order valence-electron chi connectivity index (χ3n) is 6.57. The summed E-state index contributed by atoms with van der Waals surface area (Å²) < 4.78 is 17.7. The minimum Gasteiger partial charge on any atom is -0.489 e. The summed E-state index contributed by atoms with van der Waals surface area (Å²) in [5.41, 5.74) is 14.1. The van der Waals surface area contributed by atoms with Crippen LogP contribution >= 0.6 is 0 Å². The average Bonchev–Trinajstić information content (AvgIpc) is 3.21. The molecule has 10 heteroatoms. The van der Waals surface area contributed by atoms with Crippen molar-refractivity contribution in [2.45, 2.75) is 38.4 Å². The number of carbonyl (C=O) groups is 1. The molecule has 2 heterocycles. The number of hydrogen-bond donors (Lipinski definition) is 4. The average molecular weight is 495 g/mol. The lowest BCUT2D eigenvalue weighted by molar-refractivity contribution is -0.151. The van der Waals surface area contributed by atoms with E-state index in [0.717, 1.165) is 24.0 Å². The molecule has 0 spiro atoms. The number of rotatable bonds is 7. The van der Waals surface area contributed by atoms with Gasteiger partial charge in [-0.05, 0) is 49.1 Å². The Morgan fingerprint density at radius 1 is 1.03 bits per heavy atom. The van der Waals surface area contributed by atoms with Crippen LogP contribution in [0.1, 0.15) is 36.1 Å². The highest BCUT2D eigenvalue weighted by Crippen LogP contribution is 2.32. The van der Waals surface area contributed by atoms with Crippen molar-refractivity contribution in [1.82, 2.24) is 9.80 Å². The maximum absolute atomic E-state index is 12.9. The van der Waals surface area contributed by atoms with Gasteiger partial charge in [0.2, 0.25) is 6.10 Å². The van der Waals surface area contributed by atoms with Crippen LogP contribution in [0.15, 0.2) is 42.5 Å². The van der Waals surface area contributed by atoms with Gasteiger partial charge in [0.15, 0.2) is 11.9 Å². The molecule has 2 aromatic carbocycles. The van der Waals surface area contributed by atoms with Gasteiger partial charge in [-0.3, -0.25) is 10.8 Å². The fraction of sp³-hybridized carbons (Fsp3) is 0.423. The number of ether oxygens (including phenoxy) is 3.